The maximum absolute atomic E-state index is 10.9. The van der Waals surface area contributed by atoms with Gasteiger partial charge in [0.15, 0.2) is 0 Å². The van der Waals surface area contributed by atoms with Gasteiger partial charge < -0.3 is 10.6 Å². The zero-order valence-corrected chi connectivity index (χ0v) is 6.68. The standard InChI is InChI=1S/C7H12N2O2/c1-4(10)9-6-3-5(6)7(11)8-2/h5-6H,3H2,1-2H3,(H,8,11)(H,9,10)/t5-,6-/m1/s1. The van der Waals surface area contributed by atoms with Crippen molar-refractivity contribution in [3.63, 3.8) is 0 Å². The van der Waals surface area contributed by atoms with E-state index in [-0.39, 0.29) is 23.8 Å². The van der Waals surface area contributed by atoms with Crippen molar-refractivity contribution >= 4 is 11.8 Å². The van der Waals surface area contributed by atoms with Gasteiger partial charge in [0.2, 0.25) is 11.8 Å². The third-order valence-corrected chi connectivity index (χ3v) is 1.76. The van der Waals surface area contributed by atoms with Crippen molar-refractivity contribution in [3.8, 4) is 0 Å². The molecule has 0 saturated heterocycles. The van der Waals surface area contributed by atoms with Crippen LogP contribution in [0.15, 0.2) is 0 Å². The van der Waals surface area contributed by atoms with E-state index in [1.807, 2.05) is 0 Å². The van der Waals surface area contributed by atoms with Crippen molar-refractivity contribution in [2.45, 2.75) is 19.4 Å². The van der Waals surface area contributed by atoms with Crippen molar-refractivity contribution in [1.82, 2.24) is 10.6 Å². The molecule has 0 aromatic rings. The van der Waals surface area contributed by atoms with Gasteiger partial charge in [0.25, 0.3) is 0 Å². The molecule has 62 valence electrons. The second-order valence-corrected chi connectivity index (χ2v) is 2.76. The molecule has 1 rings (SSSR count). The Labute approximate surface area is 65.3 Å². The summed E-state index contributed by atoms with van der Waals surface area (Å²) in [6.07, 6.45) is 0.777. The first-order valence-corrected chi connectivity index (χ1v) is 3.64. The van der Waals surface area contributed by atoms with Crippen LogP contribution in [0.4, 0.5) is 0 Å². The van der Waals surface area contributed by atoms with Gasteiger partial charge in [0.1, 0.15) is 0 Å². The molecule has 1 fully saturated rings. The summed E-state index contributed by atoms with van der Waals surface area (Å²) >= 11 is 0. The normalized spacial score (nSPS) is 27.5. The number of carbonyl (C=O) groups is 2. The maximum Gasteiger partial charge on any atom is 0.225 e. The van der Waals surface area contributed by atoms with E-state index in [0.29, 0.717) is 0 Å². The summed E-state index contributed by atoms with van der Waals surface area (Å²) in [6.45, 7) is 1.46. The molecule has 2 amide bonds. The van der Waals surface area contributed by atoms with Gasteiger partial charge in [0.05, 0.1) is 5.92 Å². The smallest absolute Gasteiger partial charge is 0.225 e. The molecule has 0 aromatic carbocycles. The van der Waals surface area contributed by atoms with E-state index in [0.717, 1.165) is 6.42 Å². The third kappa shape index (κ3) is 1.93. The van der Waals surface area contributed by atoms with E-state index in [9.17, 15) is 9.59 Å². The first kappa shape index (κ1) is 8.04. The van der Waals surface area contributed by atoms with Crippen molar-refractivity contribution in [2.75, 3.05) is 7.05 Å². The average molecular weight is 156 g/mol. The molecule has 2 N–H and O–H groups in total. The van der Waals surface area contributed by atoms with Crippen LogP contribution in [-0.2, 0) is 9.59 Å². The molecule has 0 bridgehead atoms. The summed E-state index contributed by atoms with van der Waals surface area (Å²) in [5.74, 6) is -0.0472. The second-order valence-electron chi connectivity index (χ2n) is 2.76. The highest BCUT2D eigenvalue weighted by Crippen LogP contribution is 2.29. The maximum atomic E-state index is 10.9. The molecule has 1 aliphatic carbocycles. The predicted octanol–water partition coefficient (Wildman–Crippen LogP) is -0.743. The SMILES string of the molecule is CNC(=O)[C@@H]1C[C@H]1NC(C)=O. The van der Waals surface area contributed by atoms with Crippen LogP contribution in [0.1, 0.15) is 13.3 Å². The van der Waals surface area contributed by atoms with E-state index < -0.39 is 0 Å². The van der Waals surface area contributed by atoms with Crippen LogP contribution in [0.25, 0.3) is 0 Å². The van der Waals surface area contributed by atoms with Crippen LogP contribution in [0.2, 0.25) is 0 Å². The zero-order valence-electron chi connectivity index (χ0n) is 6.68. The molecule has 2 atom stereocenters. The molecule has 0 aromatic heterocycles. The Morgan fingerprint density at radius 3 is 2.55 bits per heavy atom. The van der Waals surface area contributed by atoms with Crippen LogP contribution in [0.5, 0.6) is 0 Å². The van der Waals surface area contributed by atoms with Gasteiger partial charge in [0, 0.05) is 20.0 Å². The van der Waals surface area contributed by atoms with E-state index >= 15 is 0 Å². The van der Waals surface area contributed by atoms with Gasteiger partial charge in [-0.25, -0.2) is 0 Å². The van der Waals surface area contributed by atoms with Gasteiger partial charge >= 0.3 is 0 Å². The molecule has 11 heavy (non-hydrogen) atoms. The first-order valence-electron chi connectivity index (χ1n) is 3.64. The van der Waals surface area contributed by atoms with Crippen LogP contribution in [0, 0.1) is 5.92 Å². The van der Waals surface area contributed by atoms with Gasteiger partial charge in [-0.2, -0.15) is 0 Å². The van der Waals surface area contributed by atoms with Crippen molar-refractivity contribution in [2.24, 2.45) is 5.92 Å². The topological polar surface area (TPSA) is 58.2 Å². The molecular weight excluding hydrogens is 144 g/mol. The van der Waals surface area contributed by atoms with Crippen molar-refractivity contribution < 1.29 is 9.59 Å². The summed E-state index contributed by atoms with van der Waals surface area (Å²) in [7, 11) is 1.60. The monoisotopic (exact) mass is 156 g/mol. The molecule has 0 spiro atoms. The number of hydrogen-bond donors (Lipinski definition) is 2. The fourth-order valence-electron chi connectivity index (χ4n) is 1.09. The molecule has 0 heterocycles. The van der Waals surface area contributed by atoms with E-state index in [2.05, 4.69) is 10.6 Å². The minimum absolute atomic E-state index is 0.00361. The Kier molecular flexibility index (Phi) is 2.12. The lowest BCUT2D eigenvalue weighted by Crippen LogP contribution is -2.29. The number of hydrogen-bond acceptors (Lipinski definition) is 2. The Bertz CT molecular complexity index is 191. The molecule has 1 saturated carbocycles. The number of carbonyl (C=O) groups excluding carboxylic acids is 2. The third-order valence-electron chi connectivity index (χ3n) is 1.76. The lowest BCUT2D eigenvalue weighted by atomic mass is 10.4. The summed E-state index contributed by atoms with van der Waals surface area (Å²) in [5, 5.41) is 5.22. The highest BCUT2D eigenvalue weighted by atomic mass is 16.2. The fraction of sp³-hybridized carbons (Fsp3) is 0.714. The van der Waals surface area contributed by atoms with Gasteiger partial charge in [-0.05, 0) is 6.42 Å². The van der Waals surface area contributed by atoms with E-state index in [4.69, 9.17) is 0 Å². The van der Waals surface area contributed by atoms with E-state index in [1.54, 1.807) is 7.05 Å². The molecule has 4 heteroatoms. The molecule has 4 nitrogen and oxygen atoms in total. The Morgan fingerprint density at radius 1 is 1.45 bits per heavy atom. The van der Waals surface area contributed by atoms with Gasteiger partial charge in [-0.3, -0.25) is 9.59 Å². The number of nitrogens with one attached hydrogen (secondary N) is 2. The highest BCUT2D eigenvalue weighted by Gasteiger charge is 2.42. The largest absolute Gasteiger partial charge is 0.359 e. The Balaban J connectivity index is 2.26. The summed E-state index contributed by atoms with van der Waals surface area (Å²) < 4.78 is 0. The van der Waals surface area contributed by atoms with Gasteiger partial charge in [-0.15, -0.1) is 0 Å². The summed E-state index contributed by atoms with van der Waals surface area (Å²) in [4.78, 5) is 21.4. The quantitative estimate of drug-likeness (QED) is 0.553. The lowest BCUT2D eigenvalue weighted by molar-refractivity contribution is -0.122. The molecule has 0 unspecified atom stereocenters. The summed E-state index contributed by atoms with van der Waals surface area (Å²) in [6, 6.07) is 0.0763. The number of amides is 2. The number of rotatable bonds is 2. The van der Waals surface area contributed by atoms with E-state index in [1.165, 1.54) is 6.92 Å². The molecule has 1 aliphatic rings. The van der Waals surface area contributed by atoms with Gasteiger partial charge in [-0.1, -0.05) is 0 Å². The van der Waals surface area contributed by atoms with Crippen LogP contribution in [0.3, 0.4) is 0 Å². The minimum atomic E-state index is -0.0681. The van der Waals surface area contributed by atoms with Crippen molar-refractivity contribution in [3.05, 3.63) is 0 Å². The molecular formula is C7H12N2O2. The fourth-order valence-corrected chi connectivity index (χ4v) is 1.09. The summed E-state index contributed by atoms with van der Waals surface area (Å²) in [5.41, 5.74) is 0. The average Bonchev–Trinajstić information content (AvgIpc) is 2.65. The van der Waals surface area contributed by atoms with Crippen LogP contribution < -0.4 is 10.6 Å². The Hall–Kier alpha value is -1.06. The van der Waals surface area contributed by atoms with Crippen LogP contribution >= 0.6 is 0 Å². The van der Waals surface area contributed by atoms with Crippen molar-refractivity contribution in [1.29, 1.82) is 0 Å². The minimum Gasteiger partial charge on any atom is -0.359 e. The predicted molar refractivity (Wildman–Crippen MR) is 39.8 cm³/mol. The molecule has 0 aliphatic heterocycles. The van der Waals surface area contributed by atoms with Crippen LogP contribution in [-0.4, -0.2) is 24.9 Å². The second kappa shape index (κ2) is 2.90. The molecule has 0 radical (unpaired) electrons. The lowest BCUT2D eigenvalue weighted by Gasteiger charge is -1.98. The zero-order chi connectivity index (χ0) is 8.43. The Morgan fingerprint density at radius 2 is 2.09 bits per heavy atom. The highest BCUT2D eigenvalue weighted by molar-refractivity contribution is 5.83. The first-order chi connectivity index (χ1) is 5.15.